The molecule has 0 aromatic heterocycles. The number of thioether (sulfide) groups is 1. The summed E-state index contributed by atoms with van der Waals surface area (Å²) < 4.78 is 0. The minimum Gasteiger partial charge on any atom is -0.390 e. The first-order valence-electron chi connectivity index (χ1n) is 7.32. The van der Waals surface area contributed by atoms with Crippen LogP contribution in [-0.2, 0) is 12.3 Å². The molecule has 1 aromatic carbocycles. The fourth-order valence-electron chi connectivity index (χ4n) is 2.48. The van der Waals surface area contributed by atoms with E-state index in [9.17, 15) is 9.90 Å². The second kappa shape index (κ2) is 7.18. The van der Waals surface area contributed by atoms with Crippen molar-refractivity contribution in [1.82, 2.24) is 10.2 Å². The number of amides is 2. The predicted molar refractivity (Wildman–Crippen MR) is 87.3 cm³/mol. The van der Waals surface area contributed by atoms with Gasteiger partial charge in [0, 0.05) is 25.4 Å². The standard InChI is InChI=1S/C16H24N2O2S/c1-16(20)6-8-18(9-7-16)15(19)17-11-13-4-3-5-14(10-13)12-21-2/h3-5,10,20H,6-9,11-12H2,1-2H3,(H,17,19). The Balaban J connectivity index is 1.82. The first-order valence-corrected chi connectivity index (χ1v) is 8.71. The summed E-state index contributed by atoms with van der Waals surface area (Å²) in [7, 11) is 0. The molecule has 0 spiro atoms. The van der Waals surface area contributed by atoms with E-state index in [1.807, 2.05) is 19.1 Å². The second-order valence-electron chi connectivity index (χ2n) is 5.90. The van der Waals surface area contributed by atoms with E-state index in [2.05, 4.69) is 23.7 Å². The molecule has 1 saturated heterocycles. The van der Waals surface area contributed by atoms with E-state index in [1.54, 1.807) is 16.7 Å². The quantitative estimate of drug-likeness (QED) is 0.899. The van der Waals surface area contributed by atoms with Gasteiger partial charge in [-0.2, -0.15) is 11.8 Å². The van der Waals surface area contributed by atoms with E-state index in [0.717, 1.165) is 11.3 Å². The number of carbonyl (C=O) groups excluding carboxylic acids is 1. The zero-order valence-corrected chi connectivity index (χ0v) is 13.6. The van der Waals surface area contributed by atoms with E-state index >= 15 is 0 Å². The monoisotopic (exact) mass is 308 g/mol. The average Bonchev–Trinajstić information content (AvgIpc) is 2.45. The van der Waals surface area contributed by atoms with Gasteiger partial charge in [0.1, 0.15) is 0 Å². The highest BCUT2D eigenvalue weighted by atomic mass is 32.2. The Morgan fingerprint density at radius 3 is 2.71 bits per heavy atom. The van der Waals surface area contributed by atoms with Crippen molar-refractivity contribution in [2.45, 2.75) is 37.7 Å². The van der Waals surface area contributed by atoms with Crippen molar-refractivity contribution in [1.29, 1.82) is 0 Å². The third-order valence-corrected chi connectivity index (χ3v) is 4.50. The van der Waals surface area contributed by atoms with E-state index in [-0.39, 0.29) is 6.03 Å². The lowest BCUT2D eigenvalue weighted by molar-refractivity contribution is 0.00436. The maximum Gasteiger partial charge on any atom is 0.317 e. The molecule has 0 radical (unpaired) electrons. The van der Waals surface area contributed by atoms with Crippen molar-refractivity contribution < 1.29 is 9.90 Å². The molecule has 1 fully saturated rings. The summed E-state index contributed by atoms with van der Waals surface area (Å²) in [5.41, 5.74) is 1.78. The highest BCUT2D eigenvalue weighted by molar-refractivity contribution is 7.97. The Bertz CT molecular complexity index is 481. The van der Waals surface area contributed by atoms with Crippen LogP contribution in [0.1, 0.15) is 30.9 Å². The molecule has 1 aromatic rings. The summed E-state index contributed by atoms with van der Waals surface area (Å²) in [6.45, 7) is 3.62. The molecule has 2 N–H and O–H groups in total. The maximum absolute atomic E-state index is 12.1. The summed E-state index contributed by atoms with van der Waals surface area (Å²) >= 11 is 1.79. The molecule has 1 heterocycles. The van der Waals surface area contributed by atoms with Crippen LogP contribution in [0.25, 0.3) is 0 Å². The van der Waals surface area contributed by atoms with Crippen molar-refractivity contribution in [3.63, 3.8) is 0 Å². The van der Waals surface area contributed by atoms with Crippen molar-refractivity contribution in [3.05, 3.63) is 35.4 Å². The third kappa shape index (κ3) is 4.93. The van der Waals surface area contributed by atoms with Crippen molar-refractivity contribution in [2.24, 2.45) is 0 Å². The number of hydrogen-bond acceptors (Lipinski definition) is 3. The zero-order chi connectivity index (χ0) is 15.3. The van der Waals surface area contributed by atoms with Crippen molar-refractivity contribution in [3.8, 4) is 0 Å². The number of likely N-dealkylation sites (tertiary alicyclic amines) is 1. The summed E-state index contributed by atoms with van der Waals surface area (Å²) in [6.07, 6.45) is 3.37. The van der Waals surface area contributed by atoms with E-state index in [0.29, 0.717) is 32.5 Å². The number of piperidine rings is 1. The first-order chi connectivity index (χ1) is 10.00. The van der Waals surface area contributed by atoms with Gasteiger partial charge in [0.2, 0.25) is 0 Å². The Hall–Kier alpha value is -1.20. The molecular weight excluding hydrogens is 284 g/mol. The molecule has 21 heavy (non-hydrogen) atoms. The van der Waals surface area contributed by atoms with Gasteiger partial charge >= 0.3 is 6.03 Å². The van der Waals surface area contributed by atoms with Gasteiger partial charge in [-0.25, -0.2) is 4.79 Å². The first kappa shape index (κ1) is 16.2. The molecule has 4 nitrogen and oxygen atoms in total. The van der Waals surface area contributed by atoms with Crippen LogP contribution < -0.4 is 5.32 Å². The average molecular weight is 308 g/mol. The number of urea groups is 1. The van der Waals surface area contributed by atoms with Gasteiger partial charge in [-0.3, -0.25) is 0 Å². The second-order valence-corrected chi connectivity index (χ2v) is 6.76. The van der Waals surface area contributed by atoms with Crippen LogP contribution in [0.4, 0.5) is 4.79 Å². The lowest BCUT2D eigenvalue weighted by Crippen LogP contribution is -2.48. The van der Waals surface area contributed by atoms with E-state index in [4.69, 9.17) is 0 Å². The van der Waals surface area contributed by atoms with Crippen LogP contribution in [0.2, 0.25) is 0 Å². The Morgan fingerprint density at radius 1 is 1.38 bits per heavy atom. The molecule has 5 heteroatoms. The summed E-state index contributed by atoms with van der Waals surface area (Å²) in [5, 5.41) is 12.9. The highest BCUT2D eigenvalue weighted by Gasteiger charge is 2.29. The topological polar surface area (TPSA) is 52.6 Å². The van der Waals surface area contributed by atoms with Crippen LogP contribution >= 0.6 is 11.8 Å². The molecule has 1 aliphatic rings. The minimum absolute atomic E-state index is 0.0410. The number of hydrogen-bond donors (Lipinski definition) is 2. The molecule has 0 unspecified atom stereocenters. The number of nitrogens with one attached hydrogen (secondary N) is 1. The van der Waals surface area contributed by atoms with Gasteiger partial charge in [0.25, 0.3) is 0 Å². The number of nitrogens with zero attached hydrogens (tertiary/aromatic N) is 1. The Kier molecular flexibility index (Phi) is 5.53. The van der Waals surface area contributed by atoms with E-state index < -0.39 is 5.60 Å². The zero-order valence-electron chi connectivity index (χ0n) is 12.8. The largest absolute Gasteiger partial charge is 0.390 e. The lowest BCUT2D eigenvalue weighted by atomic mass is 9.94. The van der Waals surface area contributed by atoms with Crippen molar-refractivity contribution >= 4 is 17.8 Å². The van der Waals surface area contributed by atoms with Crippen LogP contribution in [-0.4, -0.2) is 41.0 Å². The van der Waals surface area contributed by atoms with Crippen LogP contribution in [0.3, 0.4) is 0 Å². The highest BCUT2D eigenvalue weighted by Crippen LogP contribution is 2.21. The van der Waals surface area contributed by atoms with Gasteiger partial charge < -0.3 is 15.3 Å². The smallest absolute Gasteiger partial charge is 0.317 e. The normalized spacial score (nSPS) is 17.6. The fourth-order valence-corrected chi connectivity index (χ4v) is 2.99. The molecular formula is C16H24N2O2S. The number of carbonyl (C=O) groups is 1. The Labute approximate surface area is 130 Å². The van der Waals surface area contributed by atoms with Gasteiger partial charge in [-0.05, 0) is 37.1 Å². The lowest BCUT2D eigenvalue weighted by Gasteiger charge is -2.35. The third-order valence-electron chi connectivity index (χ3n) is 3.87. The summed E-state index contributed by atoms with van der Waals surface area (Å²) in [4.78, 5) is 13.9. The molecule has 0 bridgehead atoms. The fraction of sp³-hybridized carbons (Fsp3) is 0.562. The summed E-state index contributed by atoms with van der Waals surface area (Å²) in [6, 6.07) is 8.27. The van der Waals surface area contributed by atoms with Crippen LogP contribution in [0.15, 0.2) is 24.3 Å². The minimum atomic E-state index is -0.622. The van der Waals surface area contributed by atoms with Gasteiger partial charge in [-0.15, -0.1) is 0 Å². The number of aliphatic hydroxyl groups is 1. The molecule has 2 rings (SSSR count). The Morgan fingerprint density at radius 2 is 2.05 bits per heavy atom. The molecule has 1 aliphatic heterocycles. The molecule has 116 valence electrons. The number of benzene rings is 1. The predicted octanol–water partition coefficient (Wildman–Crippen LogP) is 2.61. The van der Waals surface area contributed by atoms with Gasteiger partial charge in [0.05, 0.1) is 5.60 Å². The van der Waals surface area contributed by atoms with Gasteiger partial charge in [-0.1, -0.05) is 24.3 Å². The number of rotatable bonds is 4. The molecule has 2 amide bonds. The van der Waals surface area contributed by atoms with Crippen LogP contribution in [0.5, 0.6) is 0 Å². The van der Waals surface area contributed by atoms with Crippen molar-refractivity contribution in [2.75, 3.05) is 19.3 Å². The molecule has 0 aliphatic carbocycles. The van der Waals surface area contributed by atoms with Gasteiger partial charge in [0.15, 0.2) is 0 Å². The molecule has 0 saturated carbocycles. The maximum atomic E-state index is 12.1. The SMILES string of the molecule is CSCc1cccc(CNC(=O)N2CCC(C)(O)CC2)c1. The van der Waals surface area contributed by atoms with Crippen LogP contribution in [0, 0.1) is 0 Å². The van der Waals surface area contributed by atoms with E-state index in [1.165, 1.54) is 5.56 Å². The molecule has 0 atom stereocenters. The summed E-state index contributed by atoms with van der Waals surface area (Å²) in [5.74, 6) is 0.989.